The van der Waals surface area contributed by atoms with Crippen molar-refractivity contribution in [3.8, 4) is 5.75 Å². The number of benzene rings is 1. The molecule has 0 fully saturated rings. The lowest BCUT2D eigenvalue weighted by atomic mass is 10.2. The summed E-state index contributed by atoms with van der Waals surface area (Å²) in [7, 11) is -3.70. The Morgan fingerprint density at radius 3 is 2.74 bits per heavy atom. The third-order valence-corrected chi connectivity index (χ3v) is 4.81. The molecular weight excluding hydrogens is 318 g/mol. The van der Waals surface area contributed by atoms with Gasteiger partial charge in [-0.2, -0.15) is 0 Å². The summed E-state index contributed by atoms with van der Waals surface area (Å²) < 4.78 is 32.6. The van der Waals surface area contributed by atoms with Crippen LogP contribution in [0.4, 0.5) is 5.69 Å². The Morgan fingerprint density at radius 1 is 1.26 bits per heavy atom. The van der Waals surface area contributed by atoms with E-state index in [0.717, 1.165) is 5.56 Å². The molecule has 1 aromatic heterocycles. The average molecular weight is 333 g/mol. The van der Waals surface area contributed by atoms with E-state index >= 15 is 0 Å². The fourth-order valence-electron chi connectivity index (χ4n) is 2.12. The van der Waals surface area contributed by atoms with Gasteiger partial charge in [0.25, 0.3) is 5.91 Å². The Bertz CT molecular complexity index is 837. The summed E-state index contributed by atoms with van der Waals surface area (Å²) in [6, 6.07) is 7.81. The number of hydrogen-bond acceptors (Lipinski definition) is 5. The molecule has 1 aliphatic rings. The number of nitrogens with one attached hydrogen (secondary N) is 2. The Morgan fingerprint density at radius 2 is 2.00 bits per heavy atom. The number of anilines is 1. The number of rotatable bonds is 4. The molecule has 0 saturated carbocycles. The van der Waals surface area contributed by atoms with Crippen LogP contribution < -0.4 is 14.8 Å². The first-order valence-electron chi connectivity index (χ1n) is 6.96. The van der Waals surface area contributed by atoms with Crippen LogP contribution in [0.15, 0.2) is 47.6 Å². The zero-order chi connectivity index (χ0) is 16.4. The molecule has 7 nitrogen and oxygen atoms in total. The Kier molecular flexibility index (Phi) is 4.01. The average Bonchev–Trinajstić information content (AvgIpc) is 2.55. The smallest absolute Gasteiger partial charge is 0.265 e. The molecule has 1 aliphatic heterocycles. The van der Waals surface area contributed by atoms with E-state index in [4.69, 9.17) is 4.74 Å². The van der Waals surface area contributed by atoms with Gasteiger partial charge in [0.2, 0.25) is 10.0 Å². The zero-order valence-electron chi connectivity index (χ0n) is 12.3. The van der Waals surface area contributed by atoms with E-state index in [0.29, 0.717) is 11.4 Å². The summed E-state index contributed by atoms with van der Waals surface area (Å²) in [5, 5.41) is 2.63. The van der Waals surface area contributed by atoms with Crippen LogP contribution in [0.1, 0.15) is 12.5 Å². The van der Waals surface area contributed by atoms with E-state index in [1.165, 1.54) is 18.2 Å². The summed E-state index contributed by atoms with van der Waals surface area (Å²) in [5.74, 6) is 0.141. The molecule has 1 atom stereocenters. The van der Waals surface area contributed by atoms with Crippen LogP contribution in [-0.4, -0.2) is 25.4 Å². The number of carbonyl (C=O) groups excluding carboxylic acids is 1. The van der Waals surface area contributed by atoms with Gasteiger partial charge in [-0.3, -0.25) is 9.78 Å². The SMILES string of the molecule is C[C@@H]1Oc2ccc(S(=O)(=O)NCc3ccncc3)cc2NC1=O. The van der Waals surface area contributed by atoms with Crippen molar-refractivity contribution in [1.82, 2.24) is 9.71 Å². The predicted molar refractivity (Wildman–Crippen MR) is 83.4 cm³/mol. The van der Waals surface area contributed by atoms with Crippen molar-refractivity contribution in [1.29, 1.82) is 0 Å². The minimum absolute atomic E-state index is 0.0590. The summed E-state index contributed by atoms with van der Waals surface area (Å²) >= 11 is 0. The minimum atomic E-state index is -3.70. The maximum absolute atomic E-state index is 12.4. The van der Waals surface area contributed by atoms with Gasteiger partial charge in [-0.25, -0.2) is 13.1 Å². The fraction of sp³-hybridized carbons (Fsp3) is 0.200. The molecule has 0 radical (unpaired) electrons. The number of amides is 1. The number of sulfonamides is 1. The maximum Gasteiger partial charge on any atom is 0.265 e. The summed E-state index contributed by atoms with van der Waals surface area (Å²) in [5.41, 5.74) is 1.15. The third kappa shape index (κ3) is 3.33. The van der Waals surface area contributed by atoms with Gasteiger partial charge in [0, 0.05) is 18.9 Å². The van der Waals surface area contributed by atoms with Gasteiger partial charge in [0.1, 0.15) is 5.75 Å². The van der Waals surface area contributed by atoms with Crippen LogP contribution in [0.5, 0.6) is 5.75 Å². The molecule has 8 heteroatoms. The van der Waals surface area contributed by atoms with Crippen molar-refractivity contribution in [3.63, 3.8) is 0 Å². The van der Waals surface area contributed by atoms with Gasteiger partial charge in [-0.1, -0.05) is 0 Å². The highest BCUT2D eigenvalue weighted by molar-refractivity contribution is 7.89. The molecular formula is C15H15N3O4S. The van der Waals surface area contributed by atoms with E-state index in [-0.39, 0.29) is 17.3 Å². The van der Waals surface area contributed by atoms with E-state index < -0.39 is 16.1 Å². The van der Waals surface area contributed by atoms with Crippen molar-refractivity contribution in [3.05, 3.63) is 48.3 Å². The van der Waals surface area contributed by atoms with Crippen molar-refractivity contribution in [2.24, 2.45) is 0 Å². The highest BCUT2D eigenvalue weighted by Crippen LogP contribution is 2.31. The first kappa shape index (κ1) is 15.4. The second-order valence-corrected chi connectivity index (χ2v) is 6.85. The largest absolute Gasteiger partial charge is 0.479 e. The molecule has 0 saturated heterocycles. The second-order valence-electron chi connectivity index (χ2n) is 5.09. The summed E-state index contributed by atoms with van der Waals surface area (Å²) in [6.07, 6.45) is 2.59. The number of fused-ring (bicyclic) bond motifs is 1. The van der Waals surface area contributed by atoms with Gasteiger partial charge < -0.3 is 10.1 Å². The number of aromatic nitrogens is 1. The number of ether oxygens (including phenoxy) is 1. The van der Waals surface area contributed by atoms with Gasteiger partial charge >= 0.3 is 0 Å². The predicted octanol–water partition coefficient (Wildman–Crippen LogP) is 1.28. The quantitative estimate of drug-likeness (QED) is 0.878. The van der Waals surface area contributed by atoms with E-state index in [1.807, 2.05) is 0 Å². The number of carbonyl (C=O) groups is 1. The molecule has 3 rings (SSSR count). The molecule has 1 aromatic carbocycles. The third-order valence-electron chi connectivity index (χ3n) is 3.41. The topological polar surface area (TPSA) is 97.4 Å². The first-order chi connectivity index (χ1) is 11.0. The van der Waals surface area contributed by atoms with Crippen molar-refractivity contribution in [2.75, 3.05) is 5.32 Å². The molecule has 0 unspecified atom stereocenters. The molecule has 0 aliphatic carbocycles. The molecule has 2 aromatic rings. The van der Waals surface area contributed by atoms with Gasteiger partial charge in [-0.15, -0.1) is 0 Å². The highest BCUT2D eigenvalue weighted by atomic mass is 32.2. The molecule has 23 heavy (non-hydrogen) atoms. The van der Waals surface area contributed by atoms with E-state index in [2.05, 4.69) is 15.0 Å². The van der Waals surface area contributed by atoms with Crippen LogP contribution in [0.3, 0.4) is 0 Å². The number of hydrogen-bond donors (Lipinski definition) is 2. The molecule has 0 spiro atoms. The van der Waals surface area contributed by atoms with Crippen molar-refractivity contribution < 1.29 is 17.9 Å². The van der Waals surface area contributed by atoms with Gasteiger partial charge in [0.05, 0.1) is 10.6 Å². The highest BCUT2D eigenvalue weighted by Gasteiger charge is 2.25. The lowest BCUT2D eigenvalue weighted by molar-refractivity contribution is -0.122. The molecule has 2 heterocycles. The molecule has 120 valence electrons. The molecule has 0 bridgehead atoms. The van der Waals surface area contributed by atoms with Crippen LogP contribution >= 0.6 is 0 Å². The fourth-order valence-corrected chi connectivity index (χ4v) is 3.16. The standard InChI is InChI=1S/C15H15N3O4S/c1-10-15(19)18-13-8-12(2-3-14(13)22-10)23(20,21)17-9-11-4-6-16-7-5-11/h2-8,10,17H,9H2,1H3,(H,18,19)/t10-/m0/s1. The van der Waals surface area contributed by atoms with Crippen LogP contribution in [-0.2, 0) is 21.4 Å². The summed E-state index contributed by atoms with van der Waals surface area (Å²) in [4.78, 5) is 15.6. The van der Waals surface area contributed by atoms with Gasteiger partial charge in [0.15, 0.2) is 6.10 Å². The minimum Gasteiger partial charge on any atom is -0.479 e. The molecule has 2 N–H and O–H groups in total. The van der Waals surface area contributed by atoms with Crippen LogP contribution in [0.2, 0.25) is 0 Å². The first-order valence-corrected chi connectivity index (χ1v) is 8.44. The van der Waals surface area contributed by atoms with E-state index in [9.17, 15) is 13.2 Å². The Hall–Kier alpha value is -2.45. The lowest BCUT2D eigenvalue weighted by Gasteiger charge is -2.23. The van der Waals surface area contributed by atoms with Gasteiger partial charge in [-0.05, 0) is 42.8 Å². The summed E-state index contributed by atoms with van der Waals surface area (Å²) in [6.45, 7) is 1.78. The normalized spacial score (nSPS) is 17.1. The second kappa shape index (κ2) is 5.98. The van der Waals surface area contributed by atoms with Crippen molar-refractivity contribution >= 4 is 21.6 Å². The number of pyridine rings is 1. The number of nitrogens with zero attached hydrogens (tertiary/aromatic N) is 1. The molecule has 1 amide bonds. The maximum atomic E-state index is 12.4. The lowest BCUT2D eigenvalue weighted by Crippen LogP contribution is -2.34. The monoisotopic (exact) mass is 333 g/mol. The Labute approximate surface area is 133 Å². The zero-order valence-corrected chi connectivity index (χ0v) is 13.1. The van der Waals surface area contributed by atoms with Crippen LogP contribution in [0, 0.1) is 0 Å². The van der Waals surface area contributed by atoms with E-state index in [1.54, 1.807) is 31.5 Å². The van der Waals surface area contributed by atoms with Crippen molar-refractivity contribution in [2.45, 2.75) is 24.5 Å². The van der Waals surface area contributed by atoms with Crippen LogP contribution in [0.25, 0.3) is 0 Å². The Balaban J connectivity index is 1.81.